The Balaban J connectivity index is 1.72. The van der Waals surface area contributed by atoms with Crippen LogP contribution in [-0.2, 0) is 0 Å². The van der Waals surface area contributed by atoms with Crippen molar-refractivity contribution in [3.05, 3.63) is 107 Å². The number of nitrogens with two attached hydrogens (primary N) is 1. The fraction of sp³-hybridized carbons (Fsp3) is 0.0833. The monoisotopic (exact) mass is 408 g/mol. The van der Waals surface area contributed by atoms with Gasteiger partial charge in [0.15, 0.2) is 0 Å². The van der Waals surface area contributed by atoms with E-state index in [9.17, 15) is 4.79 Å². The topological polar surface area (TPSA) is 100 Å². The van der Waals surface area contributed by atoms with Crippen LogP contribution < -0.4 is 11.3 Å². The van der Waals surface area contributed by atoms with Crippen LogP contribution in [0.2, 0.25) is 0 Å². The van der Waals surface area contributed by atoms with E-state index in [1.54, 1.807) is 10.6 Å². The molecule has 3 N–H and O–H groups in total. The van der Waals surface area contributed by atoms with Crippen molar-refractivity contribution in [2.45, 2.75) is 12.5 Å². The van der Waals surface area contributed by atoms with Crippen LogP contribution in [0.1, 0.15) is 23.9 Å². The molecule has 5 rings (SSSR count). The predicted octanol–water partition coefficient (Wildman–Crippen LogP) is 3.43. The molecule has 7 heteroatoms. The van der Waals surface area contributed by atoms with Gasteiger partial charge in [-0.3, -0.25) is 14.8 Å². The largest absolute Gasteiger partial charge is 0.369 e. The number of hydrogen-bond acceptors (Lipinski definition) is 4. The van der Waals surface area contributed by atoms with E-state index in [4.69, 9.17) is 16.1 Å². The van der Waals surface area contributed by atoms with Crippen LogP contribution in [0.4, 0.5) is 0 Å². The molecule has 0 spiro atoms. The van der Waals surface area contributed by atoms with Crippen LogP contribution in [-0.4, -0.2) is 26.2 Å². The molecule has 0 fully saturated rings. The lowest BCUT2D eigenvalue weighted by Gasteiger charge is -2.24. The normalized spacial score (nSPS) is 15.8. The summed E-state index contributed by atoms with van der Waals surface area (Å²) in [5.41, 5.74) is 8.78. The molecule has 1 unspecified atom stereocenters. The highest BCUT2D eigenvalue weighted by Gasteiger charge is 2.34. The maximum atomic E-state index is 13.5. The summed E-state index contributed by atoms with van der Waals surface area (Å²) < 4.78 is 1.60. The molecule has 7 nitrogen and oxygen atoms in total. The van der Waals surface area contributed by atoms with E-state index in [-0.39, 0.29) is 11.5 Å². The average molecular weight is 408 g/mol. The number of para-hydroxylation sites is 2. The summed E-state index contributed by atoms with van der Waals surface area (Å²) >= 11 is 0. The van der Waals surface area contributed by atoms with E-state index >= 15 is 0 Å². The summed E-state index contributed by atoms with van der Waals surface area (Å²) in [6.07, 6.45) is 0.473. The molecule has 3 aromatic carbocycles. The fourth-order valence-electron chi connectivity index (χ4n) is 3.94. The zero-order valence-electron chi connectivity index (χ0n) is 16.6. The molecule has 4 aromatic rings. The van der Waals surface area contributed by atoms with Crippen molar-refractivity contribution in [2.24, 2.45) is 10.8 Å². The first-order chi connectivity index (χ1) is 15.1. The van der Waals surface area contributed by atoms with Gasteiger partial charge in [0.1, 0.15) is 11.9 Å². The van der Waals surface area contributed by atoms with Crippen LogP contribution >= 0.6 is 0 Å². The van der Waals surface area contributed by atoms with Crippen molar-refractivity contribution in [2.75, 3.05) is 0 Å². The Labute approximate surface area is 178 Å². The van der Waals surface area contributed by atoms with Crippen LogP contribution in [0.3, 0.4) is 0 Å². The Hall–Kier alpha value is -4.26. The van der Waals surface area contributed by atoms with Gasteiger partial charge in [0.2, 0.25) is 5.96 Å². The Morgan fingerprint density at radius 2 is 1.58 bits per heavy atom. The van der Waals surface area contributed by atoms with E-state index < -0.39 is 6.04 Å². The molecule has 31 heavy (non-hydrogen) atoms. The molecular formula is C24H20N6O. The summed E-state index contributed by atoms with van der Waals surface area (Å²) in [6, 6.07) is 26.0. The Morgan fingerprint density at radius 3 is 2.29 bits per heavy atom. The first-order valence-corrected chi connectivity index (χ1v) is 9.97. The lowest BCUT2D eigenvalue weighted by molar-refractivity contribution is 0.344. The molecule has 0 radical (unpaired) electrons. The Bertz CT molecular complexity index is 1360. The molecule has 1 atom stereocenters. The molecule has 152 valence electrons. The van der Waals surface area contributed by atoms with Gasteiger partial charge in [0, 0.05) is 6.42 Å². The van der Waals surface area contributed by atoms with Gasteiger partial charge in [-0.05, 0) is 29.8 Å². The average Bonchev–Trinajstić information content (AvgIpc) is 3.26. The third-order valence-corrected chi connectivity index (χ3v) is 5.38. The highest BCUT2D eigenvalue weighted by molar-refractivity contribution is 6.03. The SMILES string of the molecule is N=C(N)N1N=C(c2ccccc2)CC1c1nc2ccccc2c(=O)n1-c1ccccc1. The van der Waals surface area contributed by atoms with Crippen molar-refractivity contribution in [3.63, 3.8) is 0 Å². The fourth-order valence-corrected chi connectivity index (χ4v) is 3.94. The summed E-state index contributed by atoms with van der Waals surface area (Å²) in [6.45, 7) is 0. The van der Waals surface area contributed by atoms with Gasteiger partial charge in [-0.15, -0.1) is 0 Å². The van der Waals surface area contributed by atoms with Crippen molar-refractivity contribution < 1.29 is 0 Å². The summed E-state index contributed by atoms with van der Waals surface area (Å²) in [5, 5.41) is 14.7. The third-order valence-electron chi connectivity index (χ3n) is 5.38. The minimum Gasteiger partial charge on any atom is -0.369 e. The molecular weight excluding hydrogens is 388 g/mol. The lowest BCUT2D eigenvalue weighted by Crippen LogP contribution is -2.36. The van der Waals surface area contributed by atoms with Crippen LogP contribution in [0, 0.1) is 5.41 Å². The first-order valence-electron chi connectivity index (χ1n) is 9.97. The molecule has 2 heterocycles. The maximum absolute atomic E-state index is 13.5. The van der Waals surface area contributed by atoms with Gasteiger partial charge in [0.05, 0.1) is 22.3 Å². The highest BCUT2D eigenvalue weighted by Crippen LogP contribution is 2.32. The lowest BCUT2D eigenvalue weighted by atomic mass is 10.0. The number of hydrazone groups is 1. The minimum atomic E-state index is -0.481. The minimum absolute atomic E-state index is 0.163. The van der Waals surface area contributed by atoms with Crippen molar-refractivity contribution >= 4 is 22.6 Å². The smallest absolute Gasteiger partial charge is 0.266 e. The molecule has 0 saturated heterocycles. The number of hydrogen-bond donors (Lipinski definition) is 2. The molecule has 1 aliphatic heterocycles. The zero-order valence-corrected chi connectivity index (χ0v) is 16.6. The zero-order chi connectivity index (χ0) is 21.4. The van der Waals surface area contributed by atoms with Gasteiger partial charge < -0.3 is 5.73 Å². The second kappa shape index (κ2) is 7.53. The Morgan fingerprint density at radius 1 is 0.935 bits per heavy atom. The molecule has 0 bridgehead atoms. The number of guanidine groups is 1. The van der Waals surface area contributed by atoms with Gasteiger partial charge in [-0.2, -0.15) is 5.10 Å². The van der Waals surface area contributed by atoms with Crippen LogP contribution in [0.5, 0.6) is 0 Å². The number of rotatable bonds is 3. The molecule has 1 aromatic heterocycles. The molecule has 1 aliphatic rings. The van der Waals surface area contributed by atoms with E-state index in [2.05, 4.69) is 5.10 Å². The van der Waals surface area contributed by atoms with Gasteiger partial charge in [-0.1, -0.05) is 60.7 Å². The van der Waals surface area contributed by atoms with Crippen LogP contribution in [0.25, 0.3) is 16.6 Å². The van der Waals surface area contributed by atoms with Crippen molar-refractivity contribution in [3.8, 4) is 5.69 Å². The third kappa shape index (κ3) is 3.26. The van der Waals surface area contributed by atoms with Crippen molar-refractivity contribution in [1.29, 1.82) is 5.41 Å². The second-order valence-corrected chi connectivity index (χ2v) is 7.33. The Kier molecular flexibility index (Phi) is 4.55. The second-order valence-electron chi connectivity index (χ2n) is 7.33. The van der Waals surface area contributed by atoms with E-state index in [0.717, 1.165) is 11.3 Å². The van der Waals surface area contributed by atoms with Crippen molar-refractivity contribution in [1.82, 2.24) is 14.6 Å². The number of benzene rings is 3. The highest BCUT2D eigenvalue weighted by atomic mass is 16.1. The number of aromatic nitrogens is 2. The van der Waals surface area contributed by atoms with Gasteiger partial charge in [0.25, 0.3) is 5.56 Å². The number of nitrogens with one attached hydrogen (secondary N) is 1. The number of fused-ring (bicyclic) bond motifs is 1. The standard InChI is InChI=1S/C24H20N6O/c25-24(26)30-21(15-20(28-30)16-9-3-1-4-10-16)22-27-19-14-8-7-13-18(19)23(31)29(22)17-11-5-2-6-12-17/h1-14,21H,15H2,(H3,25,26). The predicted molar refractivity (Wildman–Crippen MR) is 121 cm³/mol. The summed E-state index contributed by atoms with van der Waals surface area (Å²) in [5.74, 6) is 0.303. The first kappa shape index (κ1) is 18.7. The van der Waals surface area contributed by atoms with E-state index in [1.807, 2.05) is 78.9 Å². The molecule has 0 saturated carbocycles. The quantitative estimate of drug-likeness (QED) is 0.401. The summed E-state index contributed by atoms with van der Waals surface area (Å²) in [7, 11) is 0. The molecule has 0 amide bonds. The van der Waals surface area contributed by atoms with Gasteiger partial charge in [-0.25, -0.2) is 9.99 Å². The van der Waals surface area contributed by atoms with Crippen LogP contribution in [0.15, 0.2) is 94.8 Å². The maximum Gasteiger partial charge on any atom is 0.266 e. The number of nitrogens with zero attached hydrogens (tertiary/aromatic N) is 4. The van der Waals surface area contributed by atoms with Gasteiger partial charge >= 0.3 is 0 Å². The van der Waals surface area contributed by atoms with E-state index in [0.29, 0.717) is 28.8 Å². The summed E-state index contributed by atoms with van der Waals surface area (Å²) in [4.78, 5) is 18.4. The van der Waals surface area contributed by atoms with E-state index in [1.165, 1.54) is 5.01 Å². The molecule has 0 aliphatic carbocycles.